The summed E-state index contributed by atoms with van der Waals surface area (Å²) in [5, 5.41) is 0. The second-order valence-corrected chi connectivity index (χ2v) is 8.40. The van der Waals surface area contributed by atoms with Crippen molar-refractivity contribution in [3.63, 3.8) is 0 Å². The van der Waals surface area contributed by atoms with Crippen LogP contribution in [-0.4, -0.2) is 12.9 Å². The molecule has 0 heterocycles. The summed E-state index contributed by atoms with van der Waals surface area (Å²) in [4.78, 5) is 13.0. The SMILES string of the molecule is C=C(C)[C@H]1CC(=O)[C@]2(C)CCC3=C(CCc4cc(OC)ccc43)[C@@H]2C1. The Labute approximate surface area is 151 Å². The van der Waals surface area contributed by atoms with Gasteiger partial charge in [0.1, 0.15) is 11.5 Å². The Balaban J connectivity index is 1.78. The van der Waals surface area contributed by atoms with E-state index in [0.29, 0.717) is 24.0 Å². The monoisotopic (exact) mass is 336 g/mol. The van der Waals surface area contributed by atoms with Gasteiger partial charge >= 0.3 is 0 Å². The molecular formula is C23H28O2. The van der Waals surface area contributed by atoms with Gasteiger partial charge in [0.05, 0.1) is 7.11 Å². The lowest BCUT2D eigenvalue weighted by Crippen LogP contribution is -2.46. The minimum atomic E-state index is -0.158. The third-order valence-corrected chi connectivity index (χ3v) is 7.06. The summed E-state index contributed by atoms with van der Waals surface area (Å²) in [6, 6.07) is 6.49. The molecule has 0 unspecified atom stereocenters. The number of aryl methyl sites for hydroxylation is 1. The number of Topliss-reactive ketones (excluding diaryl/α,β-unsaturated/α-hetero) is 1. The van der Waals surface area contributed by atoms with Crippen molar-refractivity contribution in [3.05, 3.63) is 47.1 Å². The van der Waals surface area contributed by atoms with Gasteiger partial charge in [0, 0.05) is 11.8 Å². The molecule has 2 nitrogen and oxygen atoms in total. The molecule has 0 radical (unpaired) electrons. The Morgan fingerprint density at radius 1 is 1.28 bits per heavy atom. The number of methoxy groups -OCH3 is 1. The van der Waals surface area contributed by atoms with E-state index in [0.717, 1.165) is 37.9 Å². The van der Waals surface area contributed by atoms with Crippen molar-refractivity contribution in [1.29, 1.82) is 0 Å². The molecule has 25 heavy (non-hydrogen) atoms. The maximum absolute atomic E-state index is 13.0. The summed E-state index contributed by atoms with van der Waals surface area (Å²) in [7, 11) is 1.73. The van der Waals surface area contributed by atoms with E-state index in [9.17, 15) is 4.79 Å². The number of carbonyl (C=O) groups is 1. The number of ether oxygens (including phenoxy) is 1. The van der Waals surface area contributed by atoms with Crippen LogP contribution in [0.5, 0.6) is 5.75 Å². The summed E-state index contributed by atoms with van der Waals surface area (Å²) >= 11 is 0. The summed E-state index contributed by atoms with van der Waals surface area (Å²) in [6.07, 6.45) is 5.96. The summed E-state index contributed by atoms with van der Waals surface area (Å²) < 4.78 is 5.40. The molecule has 0 aromatic heterocycles. The van der Waals surface area contributed by atoms with Crippen LogP contribution in [0.1, 0.15) is 57.1 Å². The van der Waals surface area contributed by atoms with E-state index in [1.54, 1.807) is 12.7 Å². The Kier molecular flexibility index (Phi) is 3.90. The first-order valence-corrected chi connectivity index (χ1v) is 9.52. The molecule has 0 spiro atoms. The molecule has 0 bridgehead atoms. The molecule has 0 aliphatic heterocycles. The van der Waals surface area contributed by atoms with Crippen molar-refractivity contribution in [2.45, 2.75) is 52.4 Å². The Morgan fingerprint density at radius 2 is 2.08 bits per heavy atom. The first-order chi connectivity index (χ1) is 11.9. The second-order valence-electron chi connectivity index (χ2n) is 8.40. The second kappa shape index (κ2) is 5.86. The van der Waals surface area contributed by atoms with Gasteiger partial charge in [-0.3, -0.25) is 4.79 Å². The quantitative estimate of drug-likeness (QED) is 0.679. The molecule has 1 aromatic rings. The molecule has 2 heteroatoms. The van der Waals surface area contributed by atoms with Crippen LogP contribution >= 0.6 is 0 Å². The predicted molar refractivity (Wildman–Crippen MR) is 102 cm³/mol. The van der Waals surface area contributed by atoms with E-state index in [1.807, 2.05) is 0 Å². The van der Waals surface area contributed by atoms with Crippen molar-refractivity contribution in [3.8, 4) is 5.75 Å². The zero-order chi connectivity index (χ0) is 17.8. The van der Waals surface area contributed by atoms with Crippen LogP contribution in [0.2, 0.25) is 0 Å². The van der Waals surface area contributed by atoms with Crippen LogP contribution in [0, 0.1) is 17.3 Å². The lowest BCUT2D eigenvalue weighted by atomic mass is 9.53. The first-order valence-electron chi connectivity index (χ1n) is 9.52. The third kappa shape index (κ3) is 2.49. The Morgan fingerprint density at radius 3 is 2.80 bits per heavy atom. The zero-order valence-electron chi connectivity index (χ0n) is 15.7. The molecule has 3 atom stereocenters. The molecule has 4 rings (SSSR count). The van der Waals surface area contributed by atoms with Crippen LogP contribution in [0.15, 0.2) is 35.9 Å². The van der Waals surface area contributed by atoms with Crippen LogP contribution in [0.4, 0.5) is 0 Å². The fourth-order valence-corrected chi connectivity index (χ4v) is 5.35. The number of allylic oxidation sites excluding steroid dienone is 3. The third-order valence-electron chi connectivity index (χ3n) is 7.06. The molecule has 1 aromatic carbocycles. The lowest BCUT2D eigenvalue weighted by molar-refractivity contribution is -0.135. The average molecular weight is 336 g/mol. The van der Waals surface area contributed by atoms with Gasteiger partial charge in [-0.2, -0.15) is 0 Å². The largest absolute Gasteiger partial charge is 0.497 e. The van der Waals surface area contributed by atoms with Crippen molar-refractivity contribution in [2.75, 3.05) is 7.11 Å². The molecule has 0 saturated heterocycles. The number of hydrogen-bond donors (Lipinski definition) is 0. The van der Waals surface area contributed by atoms with E-state index in [4.69, 9.17) is 4.74 Å². The number of fused-ring (bicyclic) bond motifs is 4. The highest BCUT2D eigenvalue weighted by Gasteiger charge is 2.50. The van der Waals surface area contributed by atoms with Crippen LogP contribution in [0.3, 0.4) is 0 Å². The van der Waals surface area contributed by atoms with E-state index in [2.05, 4.69) is 38.6 Å². The lowest BCUT2D eigenvalue weighted by Gasteiger charge is -2.49. The highest BCUT2D eigenvalue weighted by atomic mass is 16.5. The van der Waals surface area contributed by atoms with Gasteiger partial charge in [0.2, 0.25) is 0 Å². The molecule has 0 amide bonds. The molecular weight excluding hydrogens is 308 g/mol. The van der Waals surface area contributed by atoms with Crippen LogP contribution in [0.25, 0.3) is 5.57 Å². The molecule has 3 aliphatic rings. The zero-order valence-corrected chi connectivity index (χ0v) is 15.7. The maximum atomic E-state index is 13.0. The van der Waals surface area contributed by atoms with Gasteiger partial charge in [-0.15, -0.1) is 0 Å². The van der Waals surface area contributed by atoms with Gasteiger partial charge in [0.25, 0.3) is 0 Å². The smallest absolute Gasteiger partial charge is 0.139 e. The summed E-state index contributed by atoms with van der Waals surface area (Å²) in [6.45, 7) is 8.46. The molecule has 0 N–H and O–H groups in total. The number of rotatable bonds is 2. The standard InChI is InChI=1S/C23H28O2/c1-14(2)16-12-21-20-7-5-15-11-17(25-4)6-8-18(15)19(20)9-10-23(21,3)22(24)13-16/h6,8,11,16,21H,1,5,7,9-10,12-13H2,2-4H3/t16-,21+,23-/m1/s1. The van der Waals surface area contributed by atoms with Crippen molar-refractivity contribution in [1.82, 2.24) is 0 Å². The first kappa shape index (κ1) is 16.6. The normalized spacial score (nSPS) is 31.1. The Hall–Kier alpha value is -1.83. The van der Waals surface area contributed by atoms with E-state index < -0.39 is 0 Å². The van der Waals surface area contributed by atoms with E-state index in [-0.39, 0.29) is 5.41 Å². The van der Waals surface area contributed by atoms with Gasteiger partial charge < -0.3 is 4.74 Å². The fourth-order valence-electron chi connectivity index (χ4n) is 5.35. The molecule has 3 aliphatic carbocycles. The van der Waals surface area contributed by atoms with E-state index >= 15 is 0 Å². The van der Waals surface area contributed by atoms with Crippen molar-refractivity contribution < 1.29 is 9.53 Å². The highest BCUT2D eigenvalue weighted by molar-refractivity contribution is 5.89. The van der Waals surface area contributed by atoms with Gasteiger partial charge in [0.15, 0.2) is 0 Å². The van der Waals surface area contributed by atoms with Crippen LogP contribution in [-0.2, 0) is 11.2 Å². The fraction of sp³-hybridized carbons (Fsp3) is 0.522. The minimum absolute atomic E-state index is 0.158. The van der Waals surface area contributed by atoms with Gasteiger partial charge in [-0.1, -0.05) is 30.7 Å². The number of benzene rings is 1. The predicted octanol–water partition coefficient (Wildman–Crippen LogP) is 5.37. The maximum Gasteiger partial charge on any atom is 0.139 e. The van der Waals surface area contributed by atoms with Crippen molar-refractivity contribution >= 4 is 11.4 Å². The minimum Gasteiger partial charge on any atom is -0.497 e. The molecule has 132 valence electrons. The average Bonchev–Trinajstić information content (AvgIpc) is 2.61. The summed E-state index contributed by atoms with van der Waals surface area (Å²) in [5.74, 6) is 2.16. The summed E-state index contributed by atoms with van der Waals surface area (Å²) in [5.41, 5.74) is 6.89. The number of ketones is 1. The van der Waals surface area contributed by atoms with Crippen LogP contribution < -0.4 is 4.74 Å². The molecule has 1 fully saturated rings. The van der Waals surface area contributed by atoms with E-state index in [1.165, 1.54) is 22.3 Å². The number of carbonyl (C=O) groups excluding carboxylic acids is 1. The highest BCUT2D eigenvalue weighted by Crippen LogP contribution is 2.56. The number of hydrogen-bond acceptors (Lipinski definition) is 2. The van der Waals surface area contributed by atoms with Gasteiger partial charge in [-0.25, -0.2) is 0 Å². The van der Waals surface area contributed by atoms with Crippen molar-refractivity contribution in [2.24, 2.45) is 17.3 Å². The Bertz CT molecular complexity index is 785. The topological polar surface area (TPSA) is 26.3 Å². The molecule has 1 saturated carbocycles. The van der Waals surface area contributed by atoms with Gasteiger partial charge in [-0.05, 0) is 79.7 Å².